The second-order valence-electron chi connectivity index (χ2n) is 8.54. The Morgan fingerprint density at radius 1 is 1.06 bits per heavy atom. The molecular formula is C27H25FN4O3. The Labute approximate surface area is 202 Å². The van der Waals surface area contributed by atoms with Crippen LogP contribution in [0.4, 0.5) is 4.39 Å². The highest BCUT2D eigenvalue weighted by atomic mass is 19.1. The number of carbonyl (C=O) groups is 2. The fourth-order valence-electron chi connectivity index (χ4n) is 4.44. The molecule has 8 heteroatoms. The van der Waals surface area contributed by atoms with Gasteiger partial charge < -0.3 is 9.64 Å². The van der Waals surface area contributed by atoms with E-state index in [1.54, 1.807) is 34.5 Å². The minimum absolute atomic E-state index is 0.251. The lowest BCUT2D eigenvalue weighted by Crippen LogP contribution is -2.43. The zero-order valence-corrected chi connectivity index (χ0v) is 19.4. The molecule has 4 aromatic rings. The third-order valence-corrected chi connectivity index (χ3v) is 6.18. The molecule has 0 bridgehead atoms. The van der Waals surface area contributed by atoms with Gasteiger partial charge in [0.2, 0.25) is 0 Å². The van der Waals surface area contributed by atoms with Crippen LogP contribution in [0.5, 0.6) is 0 Å². The first kappa shape index (κ1) is 22.7. The summed E-state index contributed by atoms with van der Waals surface area (Å²) in [5.41, 5.74) is 3.72. The molecule has 0 aliphatic carbocycles. The highest BCUT2D eigenvalue weighted by molar-refractivity contribution is 5.94. The number of aromatic nitrogens is 3. The van der Waals surface area contributed by atoms with Gasteiger partial charge in [-0.2, -0.15) is 5.10 Å². The van der Waals surface area contributed by atoms with Crippen molar-refractivity contribution in [3.05, 3.63) is 78.2 Å². The molecule has 35 heavy (non-hydrogen) atoms. The van der Waals surface area contributed by atoms with E-state index in [-0.39, 0.29) is 29.3 Å². The Kier molecular flexibility index (Phi) is 6.27. The standard InChI is InChI=1S/C27H25FN4O3/c1-2-35-27(34)20-9-6-14-31(17-20)26(33)23-15-24(19-10-12-21(28)13-11-19)32-25(29-23)16-22(30-32)18-7-4-3-5-8-18/h3-5,7-8,10-13,15-16,20H,2,6,9,14,17H2,1H3/t20-/m0/s1. The van der Waals surface area contributed by atoms with Gasteiger partial charge in [-0.05, 0) is 50.1 Å². The number of hydrogen-bond acceptors (Lipinski definition) is 5. The first-order valence-corrected chi connectivity index (χ1v) is 11.7. The van der Waals surface area contributed by atoms with Gasteiger partial charge in [-0.1, -0.05) is 30.3 Å². The Morgan fingerprint density at radius 2 is 1.83 bits per heavy atom. The zero-order chi connectivity index (χ0) is 24.4. The summed E-state index contributed by atoms with van der Waals surface area (Å²) in [6.07, 6.45) is 1.41. The van der Waals surface area contributed by atoms with E-state index in [1.807, 2.05) is 36.4 Å². The topological polar surface area (TPSA) is 76.8 Å². The number of esters is 1. The van der Waals surface area contributed by atoms with Crippen molar-refractivity contribution in [3.8, 4) is 22.5 Å². The number of amides is 1. The fraction of sp³-hybridized carbons (Fsp3) is 0.259. The van der Waals surface area contributed by atoms with Gasteiger partial charge >= 0.3 is 5.97 Å². The summed E-state index contributed by atoms with van der Waals surface area (Å²) < 4.78 is 20.5. The third kappa shape index (κ3) is 4.64. The molecule has 2 aromatic carbocycles. The van der Waals surface area contributed by atoms with Gasteiger partial charge in [0.25, 0.3) is 5.91 Å². The number of piperidine rings is 1. The molecule has 1 saturated heterocycles. The summed E-state index contributed by atoms with van der Waals surface area (Å²) in [5.74, 6) is -1.22. The Balaban J connectivity index is 1.56. The van der Waals surface area contributed by atoms with Crippen molar-refractivity contribution in [1.82, 2.24) is 19.5 Å². The minimum Gasteiger partial charge on any atom is -0.466 e. The summed E-state index contributed by atoms with van der Waals surface area (Å²) in [6, 6.07) is 19.3. The van der Waals surface area contributed by atoms with E-state index >= 15 is 0 Å². The third-order valence-electron chi connectivity index (χ3n) is 6.18. The van der Waals surface area contributed by atoms with Gasteiger partial charge in [0.1, 0.15) is 11.5 Å². The highest BCUT2D eigenvalue weighted by Crippen LogP contribution is 2.27. The first-order chi connectivity index (χ1) is 17.0. The molecule has 1 aliphatic rings. The summed E-state index contributed by atoms with van der Waals surface area (Å²) in [7, 11) is 0. The normalized spacial score (nSPS) is 15.8. The Morgan fingerprint density at radius 3 is 2.57 bits per heavy atom. The molecule has 7 nitrogen and oxygen atoms in total. The van der Waals surface area contributed by atoms with Crippen molar-refractivity contribution >= 4 is 17.5 Å². The number of fused-ring (bicyclic) bond motifs is 1. The molecular weight excluding hydrogens is 447 g/mol. The maximum atomic E-state index is 13.6. The number of hydrogen-bond donors (Lipinski definition) is 0. The van der Waals surface area contributed by atoms with E-state index in [0.717, 1.165) is 5.56 Å². The molecule has 1 atom stereocenters. The average molecular weight is 473 g/mol. The lowest BCUT2D eigenvalue weighted by Gasteiger charge is -2.31. The van der Waals surface area contributed by atoms with Crippen LogP contribution >= 0.6 is 0 Å². The summed E-state index contributed by atoms with van der Waals surface area (Å²) in [5, 5.41) is 4.72. The molecule has 1 fully saturated rings. The molecule has 0 radical (unpaired) electrons. The number of carbonyl (C=O) groups excluding carboxylic acids is 2. The molecule has 3 heterocycles. The molecule has 0 spiro atoms. The van der Waals surface area contributed by atoms with Crippen molar-refractivity contribution in [2.24, 2.45) is 5.92 Å². The minimum atomic E-state index is -0.348. The molecule has 1 amide bonds. The Hall–Kier alpha value is -4.07. The Bertz CT molecular complexity index is 1370. The van der Waals surface area contributed by atoms with Crippen molar-refractivity contribution in [3.63, 3.8) is 0 Å². The molecule has 5 rings (SSSR count). The van der Waals surface area contributed by atoms with Crippen LogP contribution < -0.4 is 0 Å². The van der Waals surface area contributed by atoms with Gasteiger partial charge in [-0.25, -0.2) is 13.9 Å². The molecule has 0 unspecified atom stereocenters. The number of nitrogens with zero attached hydrogens (tertiary/aromatic N) is 4. The monoisotopic (exact) mass is 472 g/mol. The zero-order valence-electron chi connectivity index (χ0n) is 19.4. The smallest absolute Gasteiger partial charge is 0.310 e. The van der Waals surface area contributed by atoms with Gasteiger partial charge in [-0.3, -0.25) is 9.59 Å². The second-order valence-corrected chi connectivity index (χ2v) is 8.54. The van der Waals surface area contributed by atoms with E-state index in [9.17, 15) is 14.0 Å². The summed E-state index contributed by atoms with van der Waals surface area (Å²) >= 11 is 0. The van der Waals surface area contributed by atoms with Gasteiger partial charge in [0.15, 0.2) is 5.65 Å². The van der Waals surface area contributed by atoms with Crippen LogP contribution in [0.1, 0.15) is 30.3 Å². The van der Waals surface area contributed by atoms with Crippen LogP contribution in [-0.4, -0.2) is 51.1 Å². The number of likely N-dealkylation sites (tertiary alicyclic amines) is 1. The van der Waals surface area contributed by atoms with Gasteiger partial charge in [0, 0.05) is 30.3 Å². The number of rotatable bonds is 5. The van der Waals surface area contributed by atoms with Crippen molar-refractivity contribution < 1.29 is 18.7 Å². The van der Waals surface area contributed by atoms with E-state index in [0.29, 0.717) is 55.1 Å². The van der Waals surface area contributed by atoms with Gasteiger partial charge in [0.05, 0.1) is 23.9 Å². The maximum absolute atomic E-state index is 13.6. The second kappa shape index (κ2) is 9.66. The molecule has 1 aliphatic heterocycles. The largest absolute Gasteiger partial charge is 0.466 e. The molecule has 0 saturated carbocycles. The lowest BCUT2D eigenvalue weighted by molar-refractivity contribution is -0.149. The predicted octanol–water partition coefficient (Wildman–Crippen LogP) is 4.62. The van der Waals surface area contributed by atoms with E-state index in [2.05, 4.69) is 4.98 Å². The van der Waals surface area contributed by atoms with Crippen LogP contribution in [0.15, 0.2) is 66.7 Å². The van der Waals surface area contributed by atoms with Crippen molar-refractivity contribution in [2.45, 2.75) is 19.8 Å². The first-order valence-electron chi connectivity index (χ1n) is 11.7. The predicted molar refractivity (Wildman–Crippen MR) is 129 cm³/mol. The van der Waals surface area contributed by atoms with E-state index < -0.39 is 0 Å². The SMILES string of the molecule is CCOC(=O)[C@H]1CCCN(C(=O)c2cc(-c3ccc(F)cc3)n3nc(-c4ccccc4)cc3n2)C1. The van der Waals surface area contributed by atoms with Gasteiger partial charge in [-0.15, -0.1) is 0 Å². The summed E-state index contributed by atoms with van der Waals surface area (Å²) in [6.45, 7) is 2.93. The summed E-state index contributed by atoms with van der Waals surface area (Å²) in [4.78, 5) is 32.1. The van der Waals surface area contributed by atoms with Crippen LogP contribution in [-0.2, 0) is 9.53 Å². The van der Waals surface area contributed by atoms with E-state index in [4.69, 9.17) is 9.84 Å². The average Bonchev–Trinajstić information content (AvgIpc) is 3.33. The fourth-order valence-corrected chi connectivity index (χ4v) is 4.44. The van der Waals surface area contributed by atoms with Crippen molar-refractivity contribution in [2.75, 3.05) is 19.7 Å². The lowest BCUT2D eigenvalue weighted by atomic mass is 9.98. The maximum Gasteiger partial charge on any atom is 0.310 e. The number of benzene rings is 2. The van der Waals surface area contributed by atoms with Crippen LogP contribution in [0, 0.1) is 11.7 Å². The molecule has 178 valence electrons. The van der Waals surface area contributed by atoms with Crippen LogP contribution in [0.2, 0.25) is 0 Å². The molecule has 0 N–H and O–H groups in total. The quantitative estimate of drug-likeness (QED) is 0.396. The number of halogens is 1. The van der Waals surface area contributed by atoms with E-state index in [1.165, 1.54) is 12.1 Å². The van der Waals surface area contributed by atoms with Crippen LogP contribution in [0.25, 0.3) is 28.2 Å². The highest BCUT2D eigenvalue weighted by Gasteiger charge is 2.31. The van der Waals surface area contributed by atoms with Crippen LogP contribution in [0.3, 0.4) is 0 Å². The number of ether oxygens (including phenoxy) is 1. The molecule has 2 aromatic heterocycles. The van der Waals surface area contributed by atoms with Crippen molar-refractivity contribution in [1.29, 1.82) is 0 Å².